The Morgan fingerprint density at radius 3 is 1.86 bits per heavy atom. The summed E-state index contributed by atoms with van der Waals surface area (Å²) in [7, 11) is 1.68. The average Bonchev–Trinajstić information content (AvgIpc) is 2.75. The number of fused-ring (bicyclic) bond motifs is 1. The van der Waals surface area contributed by atoms with Gasteiger partial charge < -0.3 is 9.80 Å². The van der Waals surface area contributed by atoms with Gasteiger partial charge in [0.1, 0.15) is 0 Å². The van der Waals surface area contributed by atoms with E-state index in [2.05, 4.69) is 0 Å². The SMILES string of the molecule is CC[C@@H]1CC(N(Cc2cc(C(F)(F)F)cc(C(F)(F)F)c2)C(C)=O)c2cc(C(F)(F)F)ccc2N1C. The predicted molar refractivity (Wildman–Crippen MR) is 114 cm³/mol. The van der Waals surface area contributed by atoms with Crippen molar-refractivity contribution in [2.75, 3.05) is 11.9 Å². The Hall–Kier alpha value is -2.92. The second-order valence-corrected chi connectivity index (χ2v) is 8.76. The number of carbonyl (C=O) groups is 1. The molecule has 2 atom stereocenters. The third-order valence-corrected chi connectivity index (χ3v) is 6.39. The molecule has 0 aromatic heterocycles. The minimum Gasteiger partial charge on any atom is -0.371 e. The van der Waals surface area contributed by atoms with Crippen LogP contribution in [0.3, 0.4) is 0 Å². The van der Waals surface area contributed by atoms with Gasteiger partial charge in [0, 0.05) is 32.2 Å². The number of anilines is 1. The molecule has 1 amide bonds. The lowest BCUT2D eigenvalue weighted by atomic mass is 9.87. The maximum Gasteiger partial charge on any atom is 0.416 e. The number of halogens is 9. The highest BCUT2D eigenvalue weighted by Crippen LogP contribution is 2.44. The molecule has 198 valence electrons. The Bertz CT molecular complexity index is 1090. The van der Waals surface area contributed by atoms with Crippen molar-refractivity contribution < 1.29 is 44.3 Å². The number of hydrogen-bond acceptors (Lipinski definition) is 2. The number of carbonyl (C=O) groups excluding carboxylic acids is 1. The molecule has 2 aromatic rings. The van der Waals surface area contributed by atoms with Crippen molar-refractivity contribution in [2.24, 2.45) is 0 Å². The second kappa shape index (κ2) is 9.51. The van der Waals surface area contributed by atoms with Crippen LogP contribution in [0.1, 0.15) is 60.5 Å². The van der Waals surface area contributed by atoms with Crippen LogP contribution in [0, 0.1) is 0 Å². The van der Waals surface area contributed by atoms with E-state index in [9.17, 15) is 44.3 Å². The number of hydrogen-bond donors (Lipinski definition) is 0. The van der Waals surface area contributed by atoms with E-state index in [0.717, 1.165) is 24.0 Å². The fourth-order valence-corrected chi connectivity index (χ4v) is 4.54. The molecule has 3 rings (SSSR count). The van der Waals surface area contributed by atoms with Crippen LogP contribution in [-0.4, -0.2) is 23.9 Å². The molecule has 1 heterocycles. The van der Waals surface area contributed by atoms with Gasteiger partial charge in [-0.2, -0.15) is 39.5 Å². The van der Waals surface area contributed by atoms with Crippen molar-refractivity contribution in [2.45, 2.75) is 63.8 Å². The molecule has 1 aliphatic heterocycles. The maximum absolute atomic E-state index is 13.4. The van der Waals surface area contributed by atoms with E-state index in [0.29, 0.717) is 24.2 Å². The first-order valence-corrected chi connectivity index (χ1v) is 10.9. The van der Waals surface area contributed by atoms with Crippen LogP contribution in [0.4, 0.5) is 45.2 Å². The monoisotopic (exact) mass is 526 g/mol. The van der Waals surface area contributed by atoms with E-state index < -0.39 is 59.3 Å². The van der Waals surface area contributed by atoms with Crippen LogP contribution < -0.4 is 4.90 Å². The summed E-state index contributed by atoms with van der Waals surface area (Å²) in [5, 5.41) is 0. The number of alkyl halides is 9. The minimum absolute atomic E-state index is 0.0187. The zero-order valence-corrected chi connectivity index (χ0v) is 19.4. The highest BCUT2D eigenvalue weighted by atomic mass is 19.4. The van der Waals surface area contributed by atoms with Gasteiger partial charge in [-0.3, -0.25) is 4.79 Å². The molecule has 0 fully saturated rings. The van der Waals surface area contributed by atoms with Crippen LogP contribution in [0.25, 0.3) is 0 Å². The van der Waals surface area contributed by atoms with Gasteiger partial charge in [0.05, 0.1) is 22.7 Å². The molecule has 12 heteroatoms. The molecule has 0 N–H and O–H groups in total. The minimum atomic E-state index is -5.08. The Kier molecular flexibility index (Phi) is 7.31. The number of amides is 1. The Morgan fingerprint density at radius 2 is 1.42 bits per heavy atom. The Labute approximate surface area is 201 Å². The molecule has 0 radical (unpaired) electrons. The quantitative estimate of drug-likeness (QED) is 0.387. The normalized spacial score (nSPS) is 18.7. The van der Waals surface area contributed by atoms with E-state index in [-0.39, 0.29) is 24.1 Å². The van der Waals surface area contributed by atoms with E-state index in [1.165, 1.54) is 6.07 Å². The number of rotatable bonds is 4. The van der Waals surface area contributed by atoms with Crippen molar-refractivity contribution in [3.8, 4) is 0 Å². The fourth-order valence-electron chi connectivity index (χ4n) is 4.54. The first kappa shape index (κ1) is 27.7. The zero-order valence-electron chi connectivity index (χ0n) is 19.4. The molecule has 0 saturated carbocycles. The second-order valence-electron chi connectivity index (χ2n) is 8.76. The lowest BCUT2D eigenvalue weighted by molar-refractivity contribution is -0.143. The highest BCUT2D eigenvalue weighted by molar-refractivity contribution is 5.75. The number of benzene rings is 2. The first-order chi connectivity index (χ1) is 16.4. The summed E-state index contributed by atoms with van der Waals surface area (Å²) in [6.45, 7) is 2.25. The lowest BCUT2D eigenvalue weighted by Crippen LogP contribution is -2.44. The largest absolute Gasteiger partial charge is 0.416 e. The summed E-state index contributed by atoms with van der Waals surface area (Å²) in [5.74, 6) is -0.700. The van der Waals surface area contributed by atoms with Gasteiger partial charge in [-0.1, -0.05) is 6.92 Å². The van der Waals surface area contributed by atoms with Crippen molar-refractivity contribution in [1.29, 1.82) is 0 Å². The first-order valence-electron chi connectivity index (χ1n) is 10.9. The molecule has 1 unspecified atom stereocenters. The van der Waals surface area contributed by atoms with Crippen LogP contribution in [0.5, 0.6) is 0 Å². The smallest absolute Gasteiger partial charge is 0.371 e. The molecule has 0 spiro atoms. The fraction of sp³-hybridized carbons (Fsp3) is 0.458. The van der Waals surface area contributed by atoms with E-state index in [1.807, 2.05) is 6.92 Å². The molecule has 1 aliphatic rings. The summed E-state index contributed by atoms with van der Waals surface area (Å²) in [6.07, 6.45) is -14.2. The molecule has 36 heavy (non-hydrogen) atoms. The van der Waals surface area contributed by atoms with E-state index in [4.69, 9.17) is 0 Å². The summed E-state index contributed by atoms with van der Waals surface area (Å²) < 4.78 is 120. The zero-order chi connectivity index (χ0) is 27.2. The Balaban J connectivity index is 2.14. The molecule has 0 saturated heterocycles. The maximum atomic E-state index is 13.4. The molecular weight excluding hydrogens is 503 g/mol. The van der Waals surface area contributed by atoms with Crippen LogP contribution >= 0.6 is 0 Å². The van der Waals surface area contributed by atoms with Crippen molar-refractivity contribution in [3.05, 3.63) is 64.2 Å². The van der Waals surface area contributed by atoms with Crippen molar-refractivity contribution in [1.82, 2.24) is 4.90 Å². The molecule has 0 bridgehead atoms. The lowest BCUT2D eigenvalue weighted by Gasteiger charge is -2.44. The van der Waals surface area contributed by atoms with Crippen LogP contribution in [-0.2, 0) is 29.9 Å². The van der Waals surface area contributed by atoms with Crippen molar-refractivity contribution in [3.63, 3.8) is 0 Å². The van der Waals surface area contributed by atoms with Crippen LogP contribution in [0.2, 0.25) is 0 Å². The topological polar surface area (TPSA) is 23.6 Å². The molecule has 2 aromatic carbocycles. The summed E-state index contributed by atoms with van der Waals surface area (Å²) in [5.41, 5.74) is -3.97. The summed E-state index contributed by atoms with van der Waals surface area (Å²) in [6, 6.07) is 2.83. The van der Waals surface area contributed by atoms with Crippen molar-refractivity contribution >= 4 is 11.6 Å². The highest BCUT2D eigenvalue weighted by Gasteiger charge is 2.40. The van der Waals surface area contributed by atoms with Gasteiger partial charge in [0.25, 0.3) is 0 Å². The third-order valence-electron chi connectivity index (χ3n) is 6.39. The third kappa shape index (κ3) is 5.73. The standard InChI is InChI=1S/C24H23F9N2O/c1-4-18-11-21(19-10-15(22(25,26)27)5-6-20(19)34(18)3)35(13(2)36)12-14-7-16(23(28,29)30)9-17(8-14)24(31,32)33/h5-10,18,21H,4,11-12H2,1-3H3/t18-,21?/m1/s1. The van der Waals surface area contributed by atoms with Gasteiger partial charge >= 0.3 is 18.5 Å². The average molecular weight is 526 g/mol. The van der Waals surface area contributed by atoms with Gasteiger partial charge in [0.15, 0.2) is 0 Å². The van der Waals surface area contributed by atoms with Gasteiger partial charge in [-0.15, -0.1) is 0 Å². The molecule has 3 nitrogen and oxygen atoms in total. The Morgan fingerprint density at radius 1 is 0.889 bits per heavy atom. The summed E-state index contributed by atoms with van der Waals surface area (Å²) in [4.78, 5) is 15.4. The molecule has 0 aliphatic carbocycles. The van der Waals surface area contributed by atoms with Gasteiger partial charge in [0.2, 0.25) is 5.91 Å². The van der Waals surface area contributed by atoms with E-state index in [1.54, 1.807) is 11.9 Å². The van der Waals surface area contributed by atoms with Crippen LogP contribution in [0.15, 0.2) is 36.4 Å². The van der Waals surface area contributed by atoms with E-state index >= 15 is 0 Å². The summed E-state index contributed by atoms with van der Waals surface area (Å²) >= 11 is 0. The van der Waals surface area contributed by atoms with Gasteiger partial charge in [-0.25, -0.2) is 0 Å². The van der Waals surface area contributed by atoms with Gasteiger partial charge in [-0.05, 0) is 60.4 Å². The number of nitrogens with zero attached hydrogens (tertiary/aromatic N) is 2. The predicted octanol–water partition coefficient (Wildman–Crippen LogP) is 7.45. The molecular formula is C24H23F9N2O.